The molecule has 2 N–H and O–H groups in total. The summed E-state index contributed by atoms with van der Waals surface area (Å²) in [6.07, 6.45) is 1.90. The molecule has 2 heterocycles. The summed E-state index contributed by atoms with van der Waals surface area (Å²) in [5.41, 5.74) is 2.31. The Hall–Kier alpha value is -3.95. The maximum Gasteiger partial charge on any atom is 0.252 e. The molecule has 1 unspecified atom stereocenters. The molecule has 1 atom stereocenters. The Labute approximate surface area is 237 Å². The number of pyridine rings is 1. The van der Waals surface area contributed by atoms with Gasteiger partial charge in [0.05, 0.1) is 25.3 Å². The summed E-state index contributed by atoms with van der Waals surface area (Å²) >= 11 is 6.22. The van der Waals surface area contributed by atoms with Gasteiger partial charge in [-0.25, -0.2) is 0 Å². The van der Waals surface area contributed by atoms with Crippen molar-refractivity contribution in [1.82, 2.24) is 4.57 Å². The lowest BCUT2D eigenvalue weighted by Gasteiger charge is -2.24. The van der Waals surface area contributed by atoms with Crippen LogP contribution in [-0.4, -0.2) is 41.5 Å². The van der Waals surface area contributed by atoms with Crippen molar-refractivity contribution in [1.29, 1.82) is 0 Å². The van der Waals surface area contributed by atoms with E-state index in [-0.39, 0.29) is 31.1 Å². The van der Waals surface area contributed by atoms with Crippen molar-refractivity contribution in [3.63, 3.8) is 0 Å². The van der Waals surface area contributed by atoms with E-state index < -0.39 is 23.1 Å². The van der Waals surface area contributed by atoms with E-state index in [1.165, 1.54) is 30.9 Å². The quantitative estimate of drug-likeness (QED) is 0.342. The molecule has 2 amide bonds. The summed E-state index contributed by atoms with van der Waals surface area (Å²) in [4.78, 5) is 51.2. The predicted octanol–water partition coefficient (Wildman–Crippen LogP) is 5.26. The SMILES string of the molecule is COc1cn(C(CCOC(C)(C)C)C(=O)Nc2ccc3c(c2)CC(=O)N3)c(=O)cc1-c1cc(Cl)ccc1C(C)=O. The number of halogens is 1. The molecule has 0 fully saturated rings. The summed E-state index contributed by atoms with van der Waals surface area (Å²) in [7, 11) is 1.45. The maximum absolute atomic E-state index is 13.6. The molecule has 0 radical (unpaired) electrons. The highest BCUT2D eigenvalue weighted by molar-refractivity contribution is 6.31. The number of Topliss-reactive ketones (excluding diaryl/α,β-unsaturated/α-hetero) is 1. The van der Waals surface area contributed by atoms with Crippen LogP contribution in [0.15, 0.2) is 53.5 Å². The second-order valence-corrected chi connectivity index (χ2v) is 11.0. The fourth-order valence-corrected chi connectivity index (χ4v) is 4.77. The number of methoxy groups -OCH3 is 1. The number of hydrogen-bond donors (Lipinski definition) is 2. The standard InChI is InChI=1S/C30H32ClN3O6/c1-17(35)21-8-6-19(31)14-22(21)23-15-28(37)34(16-26(23)39-5)25(10-11-40-30(2,3)4)29(38)32-20-7-9-24-18(12-20)13-27(36)33-24/h6-9,12,14-16,25H,10-11,13H2,1-5H3,(H,32,38)(H,33,36). The first-order valence-corrected chi connectivity index (χ1v) is 13.2. The van der Waals surface area contributed by atoms with Gasteiger partial charge in [-0.15, -0.1) is 0 Å². The van der Waals surface area contributed by atoms with Gasteiger partial charge in [0.25, 0.3) is 5.56 Å². The van der Waals surface area contributed by atoms with Gasteiger partial charge in [-0.3, -0.25) is 23.7 Å². The average Bonchev–Trinajstić information content (AvgIpc) is 3.25. The van der Waals surface area contributed by atoms with E-state index >= 15 is 0 Å². The Bertz CT molecular complexity index is 1540. The minimum Gasteiger partial charge on any atom is -0.495 e. The molecule has 0 bridgehead atoms. The third kappa shape index (κ3) is 6.60. The van der Waals surface area contributed by atoms with E-state index in [0.29, 0.717) is 38.8 Å². The van der Waals surface area contributed by atoms with Crippen LogP contribution in [0.5, 0.6) is 5.75 Å². The number of rotatable bonds is 9. The number of carbonyl (C=O) groups is 3. The van der Waals surface area contributed by atoms with Gasteiger partial charge in [-0.05, 0) is 75.2 Å². The van der Waals surface area contributed by atoms with Gasteiger partial charge in [-0.2, -0.15) is 0 Å². The number of hydrogen-bond acceptors (Lipinski definition) is 6. The minimum absolute atomic E-state index is 0.109. The number of aromatic nitrogens is 1. The first kappa shape index (κ1) is 29.0. The Balaban J connectivity index is 1.73. The third-order valence-electron chi connectivity index (χ3n) is 6.48. The van der Waals surface area contributed by atoms with Crippen molar-refractivity contribution >= 4 is 40.6 Å². The zero-order valence-electron chi connectivity index (χ0n) is 23.1. The number of fused-ring (bicyclic) bond motifs is 1. The maximum atomic E-state index is 13.6. The van der Waals surface area contributed by atoms with Crippen molar-refractivity contribution < 1.29 is 23.9 Å². The molecule has 0 saturated carbocycles. The summed E-state index contributed by atoms with van der Waals surface area (Å²) in [6, 6.07) is 10.4. The Morgan fingerprint density at radius 2 is 1.85 bits per heavy atom. The van der Waals surface area contributed by atoms with Crippen LogP contribution in [0, 0.1) is 0 Å². The highest BCUT2D eigenvalue weighted by Gasteiger charge is 2.26. The monoisotopic (exact) mass is 565 g/mol. The average molecular weight is 566 g/mol. The van der Waals surface area contributed by atoms with Crippen molar-refractivity contribution in [2.45, 2.75) is 52.2 Å². The highest BCUT2D eigenvalue weighted by atomic mass is 35.5. The zero-order chi connectivity index (χ0) is 29.2. The predicted molar refractivity (Wildman–Crippen MR) is 154 cm³/mol. The number of anilines is 2. The second-order valence-electron chi connectivity index (χ2n) is 10.6. The number of amides is 2. The van der Waals surface area contributed by atoms with Gasteiger partial charge in [0.15, 0.2) is 5.78 Å². The lowest BCUT2D eigenvalue weighted by molar-refractivity contribution is -0.120. The van der Waals surface area contributed by atoms with E-state index in [1.807, 2.05) is 20.8 Å². The lowest BCUT2D eigenvalue weighted by Crippen LogP contribution is -2.34. The van der Waals surface area contributed by atoms with Crippen LogP contribution < -0.4 is 20.9 Å². The largest absolute Gasteiger partial charge is 0.495 e. The normalized spacial score (nSPS) is 13.4. The van der Waals surface area contributed by atoms with Gasteiger partial charge in [0.1, 0.15) is 11.8 Å². The number of nitrogens with zero attached hydrogens (tertiary/aromatic N) is 1. The zero-order valence-corrected chi connectivity index (χ0v) is 23.8. The van der Waals surface area contributed by atoms with E-state index in [2.05, 4.69) is 10.6 Å². The molecular weight excluding hydrogens is 534 g/mol. The highest BCUT2D eigenvalue weighted by Crippen LogP contribution is 2.34. The number of ketones is 1. The fraction of sp³-hybridized carbons (Fsp3) is 0.333. The van der Waals surface area contributed by atoms with Gasteiger partial charge in [0.2, 0.25) is 11.8 Å². The molecule has 2 aromatic carbocycles. The van der Waals surface area contributed by atoms with Crippen molar-refractivity contribution in [2.75, 3.05) is 24.4 Å². The van der Waals surface area contributed by atoms with Crippen molar-refractivity contribution in [3.8, 4) is 16.9 Å². The molecule has 9 nitrogen and oxygen atoms in total. The topological polar surface area (TPSA) is 116 Å². The smallest absolute Gasteiger partial charge is 0.252 e. The Morgan fingerprint density at radius 1 is 1.10 bits per heavy atom. The van der Waals surface area contributed by atoms with E-state index in [0.717, 1.165) is 5.56 Å². The van der Waals surface area contributed by atoms with E-state index in [9.17, 15) is 19.2 Å². The number of benzene rings is 2. The van der Waals surface area contributed by atoms with Crippen LogP contribution in [0.1, 0.15) is 56.1 Å². The van der Waals surface area contributed by atoms with Gasteiger partial charge in [-0.1, -0.05) is 11.6 Å². The molecule has 0 spiro atoms. The second kappa shape index (κ2) is 11.7. The number of nitrogens with one attached hydrogen (secondary N) is 2. The molecule has 1 aliphatic rings. The van der Waals surface area contributed by atoms with Crippen LogP contribution in [-0.2, 0) is 20.7 Å². The van der Waals surface area contributed by atoms with Crippen LogP contribution in [0.4, 0.5) is 11.4 Å². The molecule has 0 saturated heterocycles. The molecule has 210 valence electrons. The summed E-state index contributed by atoms with van der Waals surface area (Å²) in [6.45, 7) is 7.36. The Kier molecular flexibility index (Phi) is 8.46. The summed E-state index contributed by atoms with van der Waals surface area (Å²) in [5.74, 6) is -0.442. The number of ether oxygens (including phenoxy) is 2. The first-order valence-electron chi connectivity index (χ1n) is 12.8. The first-order chi connectivity index (χ1) is 18.9. The summed E-state index contributed by atoms with van der Waals surface area (Å²) < 4.78 is 12.8. The van der Waals surface area contributed by atoms with Gasteiger partial charge >= 0.3 is 0 Å². The lowest BCUT2D eigenvalue weighted by atomic mass is 9.97. The molecule has 0 aliphatic carbocycles. The van der Waals surface area contributed by atoms with Gasteiger partial charge < -0.3 is 20.1 Å². The van der Waals surface area contributed by atoms with Crippen LogP contribution in [0.3, 0.4) is 0 Å². The molecule has 1 aromatic heterocycles. The number of carbonyl (C=O) groups excluding carboxylic acids is 3. The summed E-state index contributed by atoms with van der Waals surface area (Å²) in [5, 5.41) is 6.04. The van der Waals surface area contributed by atoms with Crippen LogP contribution in [0.25, 0.3) is 11.1 Å². The van der Waals surface area contributed by atoms with Crippen molar-refractivity contribution in [3.05, 3.63) is 75.2 Å². The molecule has 4 rings (SSSR count). The molecule has 3 aromatic rings. The van der Waals surface area contributed by atoms with E-state index in [1.54, 1.807) is 36.4 Å². The van der Waals surface area contributed by atoms with Gasteiger partial charge in [0, 0.05) is 46.6 Å². The third-order valence-corrected chi connectivity index (χ3v) is 6.71. The minimum atomic E-state index is -0.947. The molecular formula is C30H32ClN3O6. The molecule has 10 heteroatoms. The Morgan fingerprint density at radius 3 is 2.52 bits per heavy atom. The van der Waals surface area contributed by atoms with E-state index in [4.69, 9.17) is 21.1 Å². The van der Waals surface area contributed by atoms with Crippen LogP contribution in [0.2, 0.25) is 5.02 Å². The van der Waals surface area contributed by atoms with Crippen molar-refractivity contribution in [2.24, 2.45) is 0 Å². The fourth-order valence-electron chi connectivity index (χ4n) is 4.60. The molecule has 40 heavy (non-hydrogen) atoms. The van der Waals surface area contributed by atoms with Crippen LogP contribution >= 0.6 is 11.6 Å². The molecule has 1 aliphatic heterocycles.